The Bertz CT molecular complexity index is 865. The standard InChI is InChI=1S/C18H17ClN4O2/c1-25-12-16(24)23-18(20-11-14-9-5-6-10-15(14)19)21-17(22-23)13-7-3-2-4-8-13/h2-10H,11-12H2,1H3,(H,20,21,22). The molecule has 25 heavy (non-hydrogen) atoms. The molecule has 0 bridgehead atoms. The van der Waals surface area contributed by atoms with Crippen molar-refractivity contribution in [3.8, 4) is 11.4 Å². The van der Waals surface area contributed by atoms with Crippen molar-refractivity contribution in [3.05, 3.63) is 65.2 Å². The van der Waals surface area contributed by atoms with Gasteiger partial charge in [0.1, 0.15) is 6.61 Å². The number of anilines is 1. The molecule has 3 rings (SSSR count). The van der Waals surface area contributed by atoms with Crippen LogP contribution in [0.5, 0.6) is 0 Å². The summed E-state index contributed by atoms with van der Waals surface area (Å²) in [5, 5.41) is 8.09. The lowest BCUT2D eigenvalue weighted by Crippen LogP contribution is -2.20. The number of carbonyl (C=O) groups excluding carboxylic acids is 1. The van der Waals surface area contributed by atoms with Gasteiger partial charge in [0, 0.05) is 24.2 Å². The monoisotopic (exact) mass is 356 g/mol. The lowest BCUT2D eigenvalue weighted by atomic mass is 10.2. The van der Waals surface area contributed by atoms with E-state index in [9.17, 15) is 4.79 Å². The van der Waals surface area contributed by atoms with Crippen molar-refractivity contribution in [2.45, 2.75) is 6.54 Å². The molecule has 0 fully saturated rings. The van der Waals surface area contributed by atoms with Crippen LogP contribution in [0.1, 0.15) is 10.4 Å². The molecule has 0 unspecified atom stereocenters. The lowest BCUT2D eigenvalue weighted by Gasteiger charge is -2.08. The second kappa shape index (κ2) is 7.92. The van der Waals surface area contributed by atoms with Gasteiger partial charge in [-0.15, -0.1) is 5.10 Å². The number of ether oxygens (including phenoxy) is 1. The molecule has 0 atom stereocenters. The van der Waals surface area contributed by atoms with Crippen molar-refractivity contribution in [1.82, 2.24) is 14.8 Å². The van der Waals surface area contributed by atoms with Gasteiger partial charge < -0.3 is 10.1 Å². The molecule has 1 aromatic heterocycles. The molecule has 1 heterocycles. The minimum absolute atomic E-state index is 0.0850. The molecular formula is C18H17ClN4O2. The third kappa shape index (κ3) is 4.04. The molecule has 3 aromatic rings. The average Bonchev–Trinajstić information content (AvgIpc) is 3.06. The zero-order valence-corrected chi connectivity index (χ0v) is 14.4. The van der Waals surface area contributed by atoms with Crippen LogP contribution in [0.2, 0.25) is 5.02 Å². The van der Waals surface area contributed by atoms with E-state index in [1.807, 2.05) is 54.6 Å². The molecule has 0 saturated heterocycles. The number of nitrogens with one attached hydrogen (secondary N) is 1. The minimum Gasteiger partial charge on any atom is -0.375 e. The SMILES string of the molecule is COCC(=O)n1nc(-c2ccccc2)nc1NCc1ccccc1Cl. The number of halogens is 1. The predicted molar refractivity (Wildman–Crippen MR) is 96.7 cm³/mol. The normalized spacial score (nSPS) is 10.6. The van der Waals surface area contributed by atoms with Crippen LogP contribution in [0.4, 0.5) is 5.95 Å². The zero-order chi connectivity index (χ0) is 17.6. The molecule has 6 nitrogen and oxygen atoms in total. The number of rotatable bonds is 6. The molecular weight excluding hydrogens is 340 g/mol. The van der Waals surface area contributed by atoms with Gasteiger partial charge in [-0.3, -0.25) is 4.79 Å². The summed E-state index contributed by atoms with van der Waals surface area (Å²) in [5.74, 6) is 0.506. The molecule has 2 aromatic carbocycles. The molecule has 0 aliphatic heterocycles. The third-order valence-corrected chi connectivity index (χ3v) is 3.91. The second-order valence-electron chi connectivity index (χ2n) is 5.31. The first-order valence-electron chi connectivity index (χ1n) is 7.71. The summed E-state index contributed by atoms with van der Waals surface area (Å²) in [6, 6.07) is 17.0. The second-order valence-corrected chi connectivity index (χ2v) is 5.72. The van der Waals surface area contributed by atoms with Gasteiger partial charge >= 0.3 is 0 Å². The average molecular weight is 357 g/mol. The Kier molecular flexibility index (Phi) is 5.42. The minimum atomic E-state index is -0.307. The van der Waals surface area contributed by atoms with E-state index in [1.165, 1.54) is 11.8 Å². The van der Waals surface area contributed by atoms with Gasteiger partial charge in [-0.1, -0.05) is 60.1 Å². The van der Waals surface area contributed by atoms with Gasteiger partial charge in [0.05, 0.1) is 0 Å². The first-order chi connectivity index (χ1) is 12.2. The summed E-state index contributed by atoms with van der Waals surface area (Å²) in [7, 11) is 1.46. The van der Waals surface area contributed by atoms with Crippen LogP contribution in [0.25, 0.3) is 11.4 Å². The fourth-order valence-electron chi connectivity index (χ4n) is 2.31. The Balaban J connectivity index is 1.89. The highest BCUT2D eigenvalue weighted by Gasteiger charge is 2.17. The summed E-state index contributed by atoms with van der Waals surface area (Å²) in [6.45, 7) is 0.339. The van der Waals surface area contributed by atoms with Gasteiger partial charge in [0.2, 0.25) is 5.95 Å². The maximum absolute atomic E-state index is 12.3. The summed E-state index contributed by atoms with van der Waals surface area (Å²) < 4.78 is 6.15. The van der Waals surface area contributed by atoms with E-state index in [4.69, 9.17) is 16.3 Å². The number of aromatic nitrogens is 3. The quantitative estimate of drug-likeness (QED) is 0.732. The highest BCUT2D eigenvalue weighted by Crippen LogP contribution is 2.20. The topological polar surface area (TPSA) is 69.0 Å². The molecule has 7 heteroatoms. The van der Waals surface area contributed by atoms with E-state index in [2.05, 4.69) is 15.4 Å². The molecule has 0 amide bonds. The van der Waals surface area contributed by atoms with Gasteiger partial charge in [-0.05, 0) is 11.6 Å². The molecule has 0 spiro atoms. The van der Waals surface area contributed by atoms with E-state index >= 15 is 0 Å². The Morgan fingerprint density at radius 3 is 2.60 bits per heavy atom. The maximum atomic E-state index is 12.3. The van der Waals surface area contributed by atoms with Crippen LogP contribution in [-0.2, 0) is 11.3 Å². The molecule has 128 valence electrons. The number of methoxy groups -OCH3 is 1. The lowest BCUT2D eigenvalue weighted by molar-refractivity contribution is 0.0748. The van der Waals surface area contributed by atoms with Gasteiger partial charge in [-0.25, -0.2) is 0 Å². The van der Waals surface area contributed by atoms with E-state index in [0.717, 1.165) is 11.1 Å². The van der Waals surface area contributed by atoms with Crippen LogP contribution >= 0.6 is 11.6 Å². The van der Waals surface area contributed by atoms with Crippen molar-refractivity contribution < 1.29 is 9.53 Å². The highest BCUT2D eigenvalue weighted by molar-refractivity contribution is 6.31. The van der Waals surface area contributed by atoms with Crippen molar-refractivity contribution in [2.24, 2.45) is 0 Å². The third-order valence-electron chi connectivity index (χ3n) is 3.54. The van der Waals surface area contributed by atoms with Crippen molar-refractivity contribution in [3.63, 3.8) is 0 Å². The van der Waals surface area contributed by atoms with Crippen LogP contribution < -0.4 is 5.32 Å². The summed E-state index contributed by atoms with van der Waals surface area (Å²) >= 11 is 6.17. The van der Waals surface area contributed by atoms with Crippen molar-refractivity contribution in [1.29, 1.82) is 0 Å². The van der Waals surface area contributed by atoms with E-state index in [1.54, 1.807) is 0 Å². The number of nitrogens with zero attached hydrogens (tertiary/aromatic N) is 3. The Hall–Kier alpha value is -2.70. The van der Waals surface area contributed by atoms with Crippen molar-refractivity contribution >= 4 is 23.5 Å². The van der Waals surface area contributed by atoms with Crippen LogP contribution in [0, 0.1) is 0 Å². The van der Waals surface area contributed by atoms with Crippen LogP contribution in [0.3, 0.4) is 0 Å². The fraction of sp³-hybridized carbons (Fsp3) is 0.167. The molecule has 1 N–H and O–H groups in total. The van der Waals surface area contributed by atoms with E-state index in [-0.39, 0.29) is 12.5 Å². The number of carbonyl (C=O) groups is 1. The van der Waals surface area contributed by atoms with Crippen LogP contribution in [-0.4, -0.2) is 34.4 Å². The zero-order valence-electron chi connectivity index (χ0n) is 13.6. The number of benzene rings is 2. The molecule has 0 aliphatic carbocycles. The fourth-order valence-corrected chi connectivity index (χ4v) is 2.51. The first kappa shape index (κ1) is 17.1. The summed E-state index contributed by atoms with van der Waals surface area (Å²) in [4.78, 5) is 16.7. The Morgan fingerprint density at radius 1 is 1.16 bits per heavy atom. The van der Waals surface area contributed by atoms with Crippen LogP contribution in [0.15, 0.2) is 54.6 Å². The number of hydrogen-bond acceptors (Lipinski definition) is 5. The highest BCUT2D eigenvalue weighted by atomic mass is 35.5. The van der Waals surface area contributed by atoms with Crippen molar-refractivity contribution in [2.75, 3.05) is 19.0 Å². The van der Waals surface area contributed by atoms with E-state index in [0.29, 0.717) is 23.3 Å². The van der Waals surface area contributed by atoms with Gasteiger partial charge in [0.15, 0.2) is 5.82 Å². The molecule has 0 aliphatic rings. The number of hydrogen-bond donors (Lipinski definition) is 1. The first-order valence-corrected chi connectivity index (χ1v) is 8.08. The summed E-state index contributed by atoms with van der Waals surface area (Å²) in [5.41, 5.74) is 1.73. The maximum Gasteiger partial charge on any atom is 0.276 e. The largest absolute Gasteiger partial charge is 0.375 e. The Labute approximate surface area is 150 Å². The van der Waals surface area contributed by atoms with Gasteiger partial charge in [0.25, 0.3) is 5.91 Å². The molecule has 0 saturated carbocycles. The summed E-state index contributed by atoms with van der Waals surface area (Å²) in [6.07, 6.45) is 0. The predicted octanol–water partition coefficient (Wildman–Crippen LogP) is 3.50. The smallest absolute Gasteiger partial charge is 0.276 e. The molecule has 0 radical (unpaired) electrons. The van der Waals surface area contributed by atoms with Gasteiger partial charge in [-0.2, -0.15) is 9.67 Å². The van der Waals surface area contributed by atoms with E-state index < -0.39 is 0 Å². The Morgan fingerprint density at radius 2 is 1.88 bits per heavy atom.